The minimum absolute atomic E-state index is 0.0289. The molecule has 0 atom stereocenters. The fourth-order valence-electron chi connectivity index (χ4n) is 2.01. The van der Waals surface area contributed by atoms with E-state index in [0.717, 1.165) is 16.7 Å². The van der Waals surface area contributed by atoms with Crippen LogP contribution in [0.2, 0.25) is 0 Å². The van der Waals surface area contributed by atoms with E-state index in [9.17, 15) is 9.59 Å². The molecule has 1 aromatic rings. The molecule has 0 N–H and O–H groups in total. The molecule has 2 rings (SSSR count). The summed E-state index contributed by atoms with van der Waals surface area (Å²) in [7, 11) is 0. The Morgan fingerprint density at radius 1 is 1.38 bits per heavy atom. The van der Waals surface area contributed by atoms with Crippen molar-refractivity contribution in [3.8, 4) is 0 Å². The van der Waals surface area contributed by atoms with Gasteiger partial charge in [-0.3, -0.25) is 9.59 Å². The van der Waals surface area contributed by atoms with E-state index in [1.165, 1.54) is 0 Å². The molecule has 1 heterocycles. The second-order valence-corrected chi connectivity index (χ2v) is 4.27. The number of hydrogen-bond donors (Lipinski definition) is 0. The van der Waals surface area contributed by atoms with Gasteiger partial charge < -0.3 is 4.90 Å². The summed E-state index contributed by atoms with van der Waals surface area (Å²) >= 11 is 0. The highest BCUT2D eigenvalue weighted by molar-refractivity contribution is 5.98. The quantitative estimate of drug-likeness (QED) is 0.666. The molecule has 0 fully saturated rings. The molecule has 0 bridgehead atoms. The summed E-state index contributed by atoms with van der Waals surface area (Å²) in [6, 6.07) is 5.85. The second kappa shape index (κ2) is 4.08. The zero-order chi connectivity index (χ0) is 11.7. The molecular formula is C13H15NO2. The highest BCUT2D eigenvalue weighted by Crippen LogP contribution is 2.20. The Balaban J connectivity index is 2.41. The van der Waals surface area contributed by atoms with Crippen molar-refractivity contribution in [3.63, 3.8) is 0 Å². The van der Waals surface area contributed by atoms with E-state index in [1.807, 2.05) is 25.1 Å². The molecule has 3 heteroatoms. The summed E-state index contributed by atoms with van der Waals surface area (Å²) in [4.78, 5) is 25.0. The van der Waals surface area contributed by atoms with E-state index in [4.69, 9.17) is 0 Å². The molecule has 0 aliphatic carbocycles. The minimum atomic E-state index is 0.0289. The lowest BCUT2D eigenvalue weighted by Gasteiger charge is -2.18. The minimum Gasteiger partial charge on any atom is -0.338 e. The van der Waals surface area contributed by atoms with Crippen molar-refractivity contribution in [2.75, 3.05) is 6.54 Å². The van der Waals surface area contributed by atoms with E-state index >= 15 is 0 Å². The molecule has 0 radical (unpaired) electrons. The molecule has 0 unspecified atom stereocenters. The van der Waals surface area contributed by atoms with Gasteiger partial charge in [0.1, 0.15) is 0 Å². The van der Waals surface area contributed by atoms with Gasteiger partial charge in [-0.1, -0.05) is 17.7 Å². The van der Waals surface area contributed by atoms with Crippen LogP contribution in [0.1, 0.15) is 34.8 Å². The van der Waals surface area contributed by atoms with Crippen LogP contribution < -0.4 is 0 Å². The lowest BCUT2D eigenvalue weighted by molar-refractivity contribution is -0.129. The molecule has 0 saturated carbocycles. The van der Waals surface area contributed by atoms with Crippen LogP contribution in [-0.2, 0) is 11.3 Å². The Morgan fingerprint density at radius 2 is 2.12 bits per heavy atom. The van der Waals surface area contributed by atoms with Gasteiger partial charge in [-0.05, 0) is 18.6 Å². The van der Waals surface area contributed by atoms with E-state index in [2.05, 4.69) is 0 Å². The lowest BCUT2D eigenvalue weighted by atomic mass is 10.0. The normalized spacial score (nSPS) is 15.6. The van der Waals surface area contributed by atoms with Gasteiger partial charge in [-0.15, -0.1) is 0 Å². The first-order valence-electron chi connectivity index (χ1n) is 5.46. The number of Topliss-reactive ketones (excluding diaryl/α,β-unsaturated/α-hetero) is 1. The fourth-order valence-corrected chi connectivity index (χ4v) is 2.01. The molecule has 0 spiro atoms. The number of carbonyl (C=O) groups is 2. The molecule has 84 valence electrons. The van der Waals surface area contributed by atoms with Crippen LogP contribution in [0.15, 0.2) is 18.2 Å². The van der Waals surface area contributed by atoms with Crippen molar-refractivity contribution in [2.24, 2.45) is 0 Å². The van der Waals surface area contributed by atoms with Gasteiger partial charge >= 0.3 is 0 Å². The Kier molecular flexibility index (Phi) is 2.77. The number of ketones is 1. The summed E-state index contributed by atoms with van der Waals surface area (Å²) in [5.41, 5.74) is 2.83. The number of benzene rings is 1. The third kappa shape index (κ3) is 1.98. The van der Waals surface area contributed by atoms with Crippen LogP contribution in [0.5, 0.6) is 0 Å². The van der Waals surface area contributed by atoms with Gasteiger partial charge in [-0.2, -0.15) is 0 Å². The Morgan fingerprint density at radius 3 is 2.81 bits per heavy atom. The van der Waals surface area contributed by atoms with E-state index in [-0.39, 0.29) is 11.7 Å². The van der Waals surface area contributed by atoms with Gasteiger partial charge in [0.25, 0.3) is 0 Å². The Labute approximate surface area is 95.1 Å². The van der Waals surface area contributed by atoms with Crippen LogP contribution in [-0.4, -0.2) is 23.1 Å². The number of hydrogen-bond acceptors (Lipinski definition) is 2. The molecule has 0 aromatic heterocycles. The molecule has 1 aliphatic rings. The summed E-state index contributed by atoms with van der Waals surface area (Å²) in [6.45, 7) is 4.60. The Hall–Kier alpha value is -1.64. The fraction of sp³-hybridized carbons (Fsp3) is 0.385. The lowest BCUT2D eigenvalue weighted by Crippen LogP contribution is -2.28. The van der Waals surface area contributed by atoms with Crippen molar-refractivity contribution >= 4 is 11.7 Å². The predicted molar refractivity (Wildman–Crippen MR) is 61.2 cm³/mol. The maximum absolute atomic E-state index is 11.9. The van der Waals surface area contributed by atoms with E-state index in [0.29, 0.717) is 19.5 Å². The number of fused-ring (bicyclic) bond motifs is 1. The number of amides is 1. The van der Waals surface area contributed by atoms with E-state index in [1.54, 1.807) is 11.8 Å². The van der Waals surface area contributed by atoms with Gasteiger partial charge in [-0.25, -0.2) is 0 Å². The number of aryl methyl sites for hydroxylation is 1. The summed E-state index contributed by atoms with van der Waals surface area (Å²) in [5, 5.41) is 0. The van der Waals surface area contributed by atoms with Gasteiger partial charge in [0, 0.05) is 32.0 Å². The SMILES string of the molecule is CC(=O)N1CCC(=O)c2cc(C)ccc2C1. The van der Waals surface area contributed by atoms with Crippen LogP contribution in [0.25, 0.3) is 0 Å². The average Bonchev–Trinajstić information content (AvgIpc) is 2.39. The monoisotopic (exact) mass is 217 g/mol. The number of carbonyl (C=O) groups excluding carboxylic acids is 2. The molecule has 3 nitrogen and oxygen atoms in total. The molecule has 16 heavy (non-hydrogen) atoms. The largest absolute Gasteiger partial charge is 0.338 e. The molecule has 1 aliphatic heterocycles. The zero-order valence-electron chi connectivity index (χ0n) is 9.62. The molecule has 0 saturated heterocycles. The van der Waals surface area contributed by atoms with Crippen LogP contribution in [0, 0.1) is 6.92 Å². The summed E-state index contributed by atoms with van der Waals surface area (Å²) < 4.78 is 0. The van der Waals surface area contributed by atoms with Crippen molar-refractivity contribution < 1.29 is 9.59 Å². The van der Waals surface area contributed by atoms with Crippen molar-refractivity contribution in [1.82, 2.24) is 4.90 Å². The van der Waals surface area contributed by atoms with Crippen molar-refractivity contribution in [3.05, 3.63) is 34.9 Å². The maximum Gasteiger partial charge on any atom is 0.219 e. The van der Waals surface area contributed by atoms with Crippen molar-refractivity contribution in [2.45, 2.75) is 26.8 Å². The summed E-state index contributed by atoms with van der Waals surface area (Å²) in [5.74, 6) is 0.170. The van der Waals surface area contributed by atoms with Crippen LogP contribution in [0.3, 0.4) is 0 Å². The average molecular weight is 217 g/mol. The first-order chi connectivity index (χ1) is 7.58. The van der Waals surface area contributed by atoms with Crippen LogP contribution in [0.4, 0.5) is 0 Å². The molecule has 1 amide bonds. The standard InChI is InChI=1S/C13H15NO2/c1-9-3-4-11-8-14(10(2)15)6-5-13(16)12(11)7-9/h3-4,7H,5-6,8H2,1-2H3. The Bertz CT molecular complexity index is 451. The van der Waals surface area contributed by atoms with E-state index < -0.39 is 0 Å². The highest BCUT2D eigenvalue weighted by Gasteiger charge is 2.21. The van der Waals surface area contributed by atoms with Crippen LogP contribution >= 0.6 is 0 Å². The molecule has 1 aromatic carbocycles. The third-order valence-electron chi connectivity index (χ3n) is 2.98. The summed E-state index contributed by atoms with van der Waals surface area (Å²) in [6.07, 6.45) is 0.427. The maximum atomic E-state index is 11.9. The first-order valence-corrected chi connectivity index (χ1v) is 5.46. The first kappa shape index (κ1) is 10.9. The van der Waals surface area contributed by atoms with Crippen molar-refractivity contribution in [1.29, 1.82) is 0 Å². The second-order valence-electron chi connectivity index (χ2n) is 4.27. The van der Waals surface area contributed by atoms with Gasteiger partial charge in [0.2, 0.25) is 5.91 Å². The van der Waals surface area contributed by atoms with Gasteiger partial charge in [0.05, 0.1) is 0 Å². The molecular weight excluding hydrogens is 202 g/mol. The number of nitrogens with zero attached hydrogens (tertiary/aromatic N) is 1. The topological polar surface area (TPSA) is 37.4 Å². The smallest absolute Gasteiger partial charge is 0.219 e. The zero-order valence-corrected chi connectivity index (χ0v) is 9.62. The predicted octanol–water partition coefficient (Wildman–Crippen LogP) is 1.93. The number of rotatable bonds is 0. The third-order valence-corrected chi connectivity index (χ3v) is 2.98. The highest BCUT2D eigenvalue weighted by atomic mass is 16.2. The van der Waals surface area contributed by atoms with Gasteiger partial charge in [0.15, 0.2) is 5.78 Å².